The number of carbonyl (C=O) groups excluding carboxylic acids is 1. The minimum atomic E-state index is -4.77. The molecule has 1 heterocycles. The largest absolute Gasteiger partial charge is 0.573 e. The van der Waals surface area contributed by atoms with E-state index in [0.717, 1.165) is 0 Å². The van der Waals surface area contributed by atoms with E-state index in [9.17, 15) is 18.0 Å². The van der Waals surface area contributed by atoms with Gasteiger partial charge in [-0.3, -0.25) is 4.79 Å². The fourth-order valence-corrected chi connectivity index (χ4v) is 1.94. The number of aromatic nitrogens is 1. The summed E-state index contributed by atoms with van der Waals surface area (Å²) in [7, 11) is 1.55. The lowest BCUT2D eigenvalue weighted by atomic mass is 10.2. The van der Waals surface area contributed by atoms with Crippen molar-refractivity contribution in [1.82, 2.24) is 9.88 Å². The Balaban J connectivity index is 2.23. The molecule has 0 bridgehead atoms. The highest BCUT2D eigenvalue weighted by atomic mass is 19.4. The molecule has 0 saturated carbocycles. The van der Waals surface area contributed by atoms with Crippen LogP contribution in [0.3, 0.4) is 0 Å². The summed E-state index contributed by atoms with van der Waals surface area (Å²) in [6, 6.07) is 7.26. The number of hydrogen-bond donors (Lipinski definition) is 1. The van der Waals surface area contributed by atoms with Gasteiger partial charge < -0.3 is 14.6 Å². The van der Waals surface area contributed by atoms with Gasteiger partial charge in [0.1, 0.15) is 11.4 Å². The van der Waals surface area contributed by atoms with E-state index in [1.165, 1.54) is 29.2 Å². The molecule has 0 saturated heterocycles. The monoisotopic (exact) mass is 311 g/mol. The van der Waals surface area contributed by atoms with Crippen molar-refractivity contribution in [2.75, 3.05) is 13.6 Å². The van der Waals surface area contributed by atoms with Crippen LogP contribution in [0.25, 0.3) is 10.9 Å². The molecular formula is C14H12F3N3O2. The van der Waals surface area contributed by atoms with E-state index in [4.69, 9.17) is 5.26 Å². The number of halogens is 3. The van der Waals surface area contributed by atoms with Gasteiger partial charge in [-0.2, -0.15) is 5.26 Å². The van der Waals surface area contributed by atoms with E-state index >= 15 is 0 Å². The maximum atomic E-state index is 12.2. The number of carbonyl (C=O) groups is 1. The molecule has 5 nitrogen and oxygen atoms in total. The SMILES string of the molecule is CN(CCC#N)C(=O)c1cc2ccc(OC(F)(F)F)cc2[nH]1. The van der Waals surface area contributed by atoms with E-state index < -0.39 is 6.36 Å². The molecule has 0 fully saturated rings. The molecule has 1 aromatic heterocycles. The van der Waals surface area contributed by atoms with Crippen molar-refractivity contribution >= 4 is 16.8 Å². The van der Waals surface area contributed by atoms with Gasteiger partial charge in [0, 0.05) is 30.6 Å². The van der Waals surface area contributed by atoms with E-state index in [2.05, 4.69) is 9.72 Å². The topological polar surface area (TPSA) is 69.1 Å². The molecular weight excluding hydrogens is 299 g/mol. The number of alkyl halides is 3. The molecule has 0 atom stereocenters. The Kier molecular flexibility index (Phi) is 4.26. The smallest absolute Gasteiger partial charge is 0.406 e. The Hall–Kier alpha value is -2.69. The molecule has 1 amide bonds. The number of hydrogen-bond acceptors (Lipinski definition) is 3. The second-order valence-electron chi connectivity index (χ2n) is 4.61. The molecule has 22 heavy (non-hydrogen) atoms. The van der Waals surface area contributed by atoms with Gasteiger partial charge in [0.2, 0.25) is 0 Å². The normalized spacial score (nSPS) is 11.2. The molecule has 116 valence electrons. The zero-order valence-corrected chi connectivity index (χ0v) is 11.6. The maximum absolute atomic E-state index is 12.2. The zero-order chi connectivity index (χ0) is 16.3. The van der Waals surface area contributed by atoms with Gasteiger partial charge in [-0.25, -0.2) is 0 Å². The highest BCUT2D eigenvalue weighted by Gasteiger charge is 2.31. The van der Waals surface area contributed by atoms with Crippen molar-refractivity contribution in [2.24, 2.45) is 0 Å². The third kappa shape index (κ3) is 3.69. The summed E-state index contributed by atoms with van der Waals surface area (Å²) in [5, 5.41) is 9.09. The van der Waals surface area contributed by atoms with Crippen molar-refractivity contribution in [1.29, 1.82) is 5.26 Å². The first-order valence-corrected chi connectivity index (χ1v) is 6.31. The molecule has 0 unspecified atom stereocenters. The van der Waals surface area contributed by atoms with Crippen LogP contribution in [0.1, 0.15) is 16.9 Å². The first kappa shape index (κ1) is 15.7. The number of H-pyrrole nitrogens is 1. The van der Waals surface area contributed by atoms with Gasteiger partial charge in [-0.15, -0.1) is 13.2 Å². The standard InChI is InChI=1S/C14H12F3N3O2/c1-20(6-2-5-18)13(21)12-7-9-3-4-10(8-11(9)19-12)22-14(15,16)17/h3-4,7-8,19H,2,6H2,1H3. The molecule has 0 aliphatic heterocycles. The maximum Gasteiger partial charge on any atom is 0.573 e. The minimum absolute atomic E-state index is 0.200. The summed E-state index contributed by atoms with van der Waals surface area (Å²) in [5.41, 5.74) is 0.596. The summed E-state index contributed by atoms with van der Waals surface area (Å²) in [6.07, 6.45) is -4.57. The van der Waals surface area contributed by atoms with Crippen LogP contribution in [0.5, 0.6) is 5.75 Å². The van der Waals surface area contributed by atoms with E-state index in [1.54, 1.807) is 7.05 Å². The number of fused-ring (bicyclic) bond motifs is 1. The number of aromatic amines is 1. The fraction of sp³-hybridized carbons (Fsp3) is 0.286. The average molecular weight is 311 g/mol. The zero-order valence-electron chi connectivity index (χ0n) is 11.6. The highest BCUT2D eigenvalue weighted by molar-refractivity contribution is 5.98. The Labute approximate surface area is 123 Å². The summed E-state index contributed by atoms with van der Waals surface area (Å²) in [4.78, 5) is 16.2. The molecule has 1 aromatic carbocycles. The Morgan fingerprint density at radius 3 is 2.77 bits per heavy atom. The van der Waals surface area contributed by atoms with Crippen LogP contribution >= 0.6 is 0 Å². The number of benzene rings is 1. The summed E-state index contributed by atoms with van der Waals surface area (Å²) < 4.78 is 40.4. The molecule has 2 rings (SSSR count). The van der Waals surface area contributed by atoms with Crippen LogP contribution in [0.15, 0.2) is 24.3 Å². The quantitative estimate of drug-likeness (QED) is 0.943. The Bertz CT molecular complexity index is 731. The van der Waals surface area contributed by atoms with Crippen molar-refractivity contribution < 1.29 is 22.7 Å². The molecule has 8 heteroatoms. The second kappa shape index (κ2) is 5.97. The van der Waals surface area contributed by atoms with Crippen LogP contribution < -0.4 is 4.74 Å². The van der Waals surface area contributed by atoms with E-state index in [-0.39, 0.29) is 30.3 Å². The van der Waals surface area contributed by atoms with Crippen LogP contribution in [0.4, 0.5) is 13.2 Å². The number of rotatable bonds is 4. The number of nitrogens with one attached hydrogen (secondary N) is 1. The predicted octanol–water partition coefficient (Wildman–Crippen LogP) is 3.05. The van der Waals surface area contributed by atoms with Crippen LogP contribution in [-0.2, 0) is 0 Å². The molecule has 2 aromatic rings. The van der Waals surface area contributed by atoms with Gasteiger partial charge in [-0.05, 0) is 18.2 Å². The van der Waals surface area contributed by atoms with Crippen molar-refractivity contribution in [3.63, 3.8) is 0 Å². The van der Waals surface area contributed by atoms with Crippen LogP contribution in [0.2, 0.25) is 0 Å². The molecule has 0 aliphatic rings. The number of nitrogens with zero attached hydrogens (tertiary/aromatic N) is 2. The van der Waals surface area contributed by atoms with Gasteiger partial charge in [0.05, 0.1) is 12.5 Å². The summed E-state index contributed by atoms with van der Waals surface area (Å²) in [5.74, 6) is -0.705. The van der Waals surface area contributed by atoms with Crippen molar-refractivity contribution in [3.8, 4) is 11.8 Å². The Morgan fingerprint density at radius 2 is 2.14 bits per heavy atom. The molecule has 0 aliphatic carbocycles. The predicted molar refractivity (Wildman–Crippen MR) is 72.2 cm³/mol. The lowest BCUT2D eigenvalue weighted by molar-refractivity contribution is -0.274. The average Bonchev–Trinajstić information content (AvgIpc) is 2.85. The van der Waals surface area contributed by atoms with Gasteiger partial charge in [0.15, 0.2) is 0 Å². The Morgan fingerprint density at radius 1 is 1.41 bits per heavy atom. The lowest BCUT2D eigenvalue weighted by Crippen LogP contribution is -2.27. The van der Waals surface area contributed by atoms with Gasteiger partial charge in [-0.1, -0.05) is 0 Å². The van der Waals surface area contributed by atoms with Gasteiger partial charge >= 0.3 is 6.36 Å². The third-order valence-electron chi connectivity index (χ3n) is 2.96. The minimum Gasteiger partial charge on any atom is -0.406 e. The van der Waals surface area contributed by atoms with Crippen molar-refractivity contribution in [3.05, 3.63) is 30.0 Å². The van der Waals surface area contributed by atoms with Crippen LogP contribution in [0, 0.1) is 11.3 Å². The highest BCUT2D eigenvalue weighted by Crippen LogP contribution is 2.26. The van der Waals surface area contributed by atoms with Crippen LogP contribution in [-0.4, -0.2) is 35.7 Å². The third-order valence-corrected chi connectivity index (χ3v) is 2.96. The second-order valence-corrected chi connectivity index (χ2v) is 4.61. The van der Waals surface area contributed by atoms with Gasteiger partial charge in [0.25, 0.3) is 5.91 Å². The first-order chi connectivity index (χ1) is 10.3. The first-order valence-electron chi connectivity index (χ1n) is 6.31. The summed E-state index contributed by atoms with van der Waals surface area (Å²) in [6.45, 7) is 0.271. The fourth-order valence-electron chi connectivity index (χ4n) is 1.94. The van der Waals surface area contributed by atoms with E-state index in [1.807, 2.05) is 6.07 Å². The number of nitriles is 1. The van der Waals surface area contributed by atoms with E-state index in [0.29, 0.717) is 10.9 Å². The number of amides is 1. The molecule has 0 spiro atoms. The molecule has 1 N–H and O–H groups in total. The lowest BCUT2D eigenvalue weighted by Gasteiger charge is -2.13. The number of ether oxygens (including phenoxy) is 1. The summed E-state index contributed by atoms with van der Waals surface area (Å²) >= 11 is 0. The van der Waals surface area contributed by atoms with Crippen molar-refractivity contribution in [2.45, 2.75) is 12.8 Å². The molecule has 0 radical (unpaired) electrons.